The molecule has 0 aliphatic rings. The fraction of sp³-hybridized carbons (Fsp3) is 0.467. The number of aliphatic hydroxyl groups is 1. The highest BCUT2D eigenvalue weighted by Gasteiger charge is 2.14. The Kier molecular flexibility index (Phi) is 6.05. The molecular formula is C15H21NO3S. The highest BCUT2D eigenvalue weighted by atomic mass is 32.2. The fourth-order valence-corrected chi connectivity index (χ4v) is 3.19. The lowest BCUT2D eigenvalue weighted by atomic mass is 10.1. The number of aryl methyl sites for hydroxylation is 1. The molecule has 0 atom stereocenters. The van der Waals surface area contributed by atoms with E-state index in [0.29, 0.717) is 12.1 Å². The highest BCUT2D eigenvalue weighted by Crippen LogP contribution is 2.18. The van der Waals surface area contributed by atoms with Gasteiger partial charge in [0, 0.05) is 12.0 Å². The van der Waals surface area contributed by atoms with Crippen LogP contribution in [0.25, 0.3) is 0 Å². The number of rotatable bonds is 5. The van der Waals surface area contributed by atoms with Crippen LogP contribution in [-0.4, -0.2) is 25.9 Å². The SMILES string of the molecule is Cc1ccc(C#CCCO)cc1NS(=O)(=O)CC(C)C. The molecule has 0 aliphatic carbocycles. The van der Waals surface area contributed by atoms with Crippen molar-refractivity contribution >= 4 is 15.7 Å². The van der Waals surface area contributed by atoms with Crippen LogP contribution in [0.1, 0.15) is 31.4 Å². The Morgan fingerprint density at radius 1 is 1.35 bits per heavy atom. The van der Waals surface area contributed by atoms with Gasteiger partial charge in [-0.05, 0) is 30.5 Å². The lowest BCUT2D eigenvalue weighted by molar-refractivity contribution is 0.305. The van der Waals surface area contributed by atoms with Crippen molar-refractivity contribution < 1.29 is 13.5 Å². The van der Waals surface area contributed by atoms with Gasteiger partial charge in [-0.25, -0.2) is 8.42 Å². The number of sulfonamides is 1. The van der Waals surface area contributed by atoms with Crippen LogP contribution in [0.15, 0.2) is 18.2 Å². The Morgan fingerprint density at radius 3 is 2.65 bits per heavy atom. The van der Waals surface area contributed by atoms with Crippen molar-refractivity contribution in [3.8, 4) is 11.8 Å². The first-order chi connectivity index (χ1) is 9.34. The Morgan fingerprint density at radius 2 is 2.05 bits per heavy atom. The van der Waals surface area contributed by atoms with E-state index < -0.39 is 10.0 Å². The highest BCUT2D eigenvalue weighted by molar-refractivity contribution is 7.92. The maximum absolute atomic E-state index is 12.0. The summed E-state index contributed by atoms with van der Waals surface area (Å²) < 4.78 is 26.5. The minimum absolute atomic E-state index is 0.0206. The van der Waals surface area contributed by atoms with Crippen LogP contribution in [0.2, 0.25) is 0 Å². The van der Waals surface area contributed by atoms with E-state index in [1.165, 1.54) is 0 Å². The van der Waals surface area contributed by atoms with Gasteiger partial charge in [0.15, 0.2) is 0 Å². The summed E-state index contributed by atoms with van der Waals surface area (Å²) in [7, 11) is -3.34. The van der Waals surface area contributed by atoms with Crippen LogP contribution in [0.3, 0.4) is 0 Å². The predicted octanol–water partition coefficient (Wildman–Crippen LogP) is 2.13. The minimum Gasteiger partial charge on any atom is -0.395 e. The van der Waals surface area contributed by atoms with E-state index in [1.807, 2.05) is 32.9 Å². The van der Waals surface area contributed by atoms with E-state index >= 15 is 0 Å². The second-order valence-corrected chi connectivity index (χ2v) is 6.85. The summed E-state index contributed by atoms with van der Waals surface area (Å²) in [5, 5.41) is 8.69. The van der Waals surface area contributed by atoms with Crippen LogP contribution in [0.5, 0.6) is 0 Å². The van der Waals surface area contributed by atoms with Crippen LogP contribution in [-0.2, 0) is 10.0 Å². The maximum atomic E-state index is 12.0. The summed E-state index contributed by atoms with van der Waals surface area (Å²) in [6, 6.07) is 5.38. The molecule has 0 aliphatic heterocycles. The minimum atomic E-state index is -3.34. The summed E-state index contributed by atoms with van der Waals surface area (Å²) in [5.41, 5.74) is 2.14. The molecule has 0 unspecified atom stereocenters. The molecule has 5 heteroatoms. The number of aliphatic hydroxyl groups excluding tert-OH is 1. The predicted molar refractivity (Wildman–Crippen MR) is 82.0 cm³/mol. The Balaban J connectivity index is 2.96. The largest absolute Gasteiger partial charge is 0.395 e. The zero-order valence-electron chi connectivity index (χ0n) is 12.1. The van der Waals surface area contributed by atoms with E-state index in [9.17, 15) is 8.42 Å². The van der Waals surface area contributed by atoms with Crippen molar-refractivity contribution in [1.82, 2.24) is 0 Å². The van der Waals surface area contributed by atoms with E-state index in [2.05, 4.69) is 16.6 Å². The molecule has 0 spiro atoms. The molecule has 2 N–H and O–H groups in total. The summed E-state index contributed by atoms with van der Waals surface area (Å²) in [4.78, 5) is 0. The zero-order chi connectivity index (χ0) is 15.2. The second-order valence-electron chi connectivity index (χ2n) is 5.08. The van der Waals surface area contributed by atoms with Gasteiger partial charge in [0.2, 0.25) is 10.0 Å². The monoisotopic (exact) mass is 295 g/mol. The standard InChI is InChI=1S/C15H21NO3S/c1-12(2)11-20(18,19)16-15-10-14(6-4-5-9-17)8-7-13(15)3/h7-8,10,12,16-17H,5,9,11H2,1-3H3. The van der Waals surface area contributed by atoms with Crippen molar-refractivity contribution in [3.05, 3.63) is 29.3 Å². The van der Waals surface area contributed by atoms with Crippen LogP contribution < -0.4 is 4.72 Å². The molecular weight excluding hydrogens is 274 g/mol. The van der Waals surface area contributed by atoms with Gasteiger partial charge in [0.05, 0.1) is 18.0 Å². The Labute approximate surface area is 121 Å². The van der Waals surface area contributed by atoms with Gasteiger partial charge in [-0.1, -0.05) is 31.8 Å². The molecule has 110 valence electrons. The van der Waals surface area contributed by atoms with E-state index in [4.69, 9.17) is 5.11 Å². The number of nitrogens with one attached hydrogen (secondary N) is 1. The molecule has 1 rings (SSSR count). The van der Waals surface area contributed by atoms with E-state index in [1.54, 1.807) is 6.07 Å². The van der Waals surface area contributed by atoms with Gasteiger partial charge < -0.3 is 5.11 Å². The maximum Gasteiger partial charge on any atom is 0.232 e. The first-order valence-electron chi connectivity index (χ1n) is 6.55. The van der Waals surface area contributed by atoms with Crippen molar-refractivity contribution in [1.29, 1.82) is 0 Å². The lowest BCUT2D eigenvalue weighted by Gasteiger charge is -2.12. The summed E-state index contributed by atoms with van der Waals surface area (Å²) >= 11 is 0. The third-order valence-corrected chi connectivity index (χ3v) is 4.16. The quantitative estimate of drug-likeness (QED) is 0.818. The number of hydrogen-bond acceptors (Lipinski definition) is 3. The molecule has 0 saturated carbocycles. The molecule has 1 aromatic carbocycles. The third kappa shape index (κ3) is 5.64. The van der Waals surface area contributed by atoms with Crippen molar-refractivity contribution in [2.24, 2.45) is 5.92 Å². The van der Waals surface area contributed by atoms with Gasteiger partial charge in [-0.15, -0.1) is 0 Å². The molecule has 20 heavy (non-hydrogen) atoms. The number of benzene rings is 1. The van der Waals surface area contributed by atoms with Crippen LogP contribution in [0, 0.1) is 24.7 Å². The number of hydrogen-bond donors (Lipinski definition) is 2. The van der Waals surface area contributed by atoms with Crippen LogP contribution in [0.4, 0.5) is 5.69 Å². The van der Waals surface area contributed by atoms with Gasteiger partial charge in [0.1, 0.15) is 0 Å². The topological polar surface area (TPSA) is 66.4 Å². The molecule has 0 saturated heterocycles. The van der Waals surface area contributed by atoms with Crippen molar-refractivity contribution in [2.75, 3.05) is 17.1 Å². The summed E-state index contributed by atoms with van der Waals surface area (Å²) in [6.45, 7) is 5.59. The Hall–Kier alpha value is -1.51. The second kappa shape index (κ2) is 7.32. The molecule has 0 fully saturated rings. The molecule has 4 nitrogen and oxygen atoms in total. The lowest BCUT2D eigenvalue weighted by Crippen LogP contribution is -2.20. The normalized spacial score (nSPS) is 11.1. The molecule has 0 bridgehead atoms. The van der Waals surface area contributed by atoms with Crippen molar-refractivity contribution in [3.63, 3.8) is 0 Å². The summed E-state index contributed by atoms with van der Waals surface area (Å²) in [6.07, 6.45) is 0.405. The van der Waals surface area contributed by atoms with Crippen molar-refractivity contribution in [2.45, 2.75) is 27.2 Å². The van der Waals surface area contributed by atoms with E-state index in [-0.39, 0.29) is 18.3 Å². The van der Waals surface area contributed by atoms with Gasteiger partial charge in [-0.2, -0.15) is 0 Å². The summed E-state index contributed by atoms with van der Waals surface area (Å²) in [5.74, 6) is 5.87. The molecule has 0 amide bonds. The number of anilines is 1. The fourth-order valence-electron chi connectivity index (χ4n) is 1.68. The third-order valence-electron chi connectivity index (χ3n) is 2.53. The molecule has 0 radical (unpaired) electrons. The van der Waals surface area contributed by atoms with Gasteiger partial charge in [0.25, 0.3) is 0 Å². The van der Waals surface area contributed by atoms with E-state index in [0.717, 1.165) is 11.1 Å². The molecule has 1 aromatic rings. The molecule has 0 aromatic heterocycles. The van der Waals surface area contributed by atoms with Gasteiger partial charge >= 0.3 is 0 Å². The van der Waals surface area contributed by atoms with Crippen LogP contribution >= 0.6 is 0 Å². The van der Waals surface area contributed by atoms with Gasteiger partial charge in [-0.3, -0.25) is 4.72 Å². The first kappa shape index (κ1) is 16.5. The average molecular weight is 295 g/mol. The molecule has 0 heterocycles. The Bertz CT molecular complexity index is 610. The smallest absolute Gasteiger partial charge is 0.232 e. The first-order valence-corrected chi connectivity index (χ1v) is 8.20. The average Bonchev–Trinajstić information content (AvgIpc) is 2.31. The zero-order valence-corrected chi connectivity index (χ0v) is 12.9.